The summed E-state index contributed by atoms with van der Waals surface area (Å²) in [6.07, 6.45) is 3.31. The maximum atomic E-state index is 13.0. The van der Waals surface area contributed by atoms with Crippen molar-refractivity contribution in [2.24, 2.45) is 0 Å². The van der Waals surface area contributed by atoms with Crippen molar-refractivity contribution in [1.29, 1.82) is 5.26 Å². The van der Waals surface area contributed by atoms with Gasteiger partial charge in [-0.1, -0.05) is 18.2 Å². The molecule has 2 aliphatic rings. The van der Waals surface area contributed by atoms with Crippen molar-refractivity contribution in [3.05, 3.63) is 71.9 Å². The topological polar surface area (TPSA) is 84.2 Å². The number of rotatable bonds is 4. The summed E-state index contributed by atoms with van der Waals surface area (Å²) in [7, 11) is 0. The van der Waals surface area contributed by atoms with Gasteiger partial charge >= 0.3 is 0 Å². The second kappa shape index (κ2) is 6.64. The summed E-state index contributed by atoms with van der Waals surface area (Å²) in [5.74, 6) is 1.85. The molecule has 1 amide bonds. The van der Waals surface area contributed by atoms with E-state index in [2.05, 4.69) is 16.4 Å². The van der Waals surface area contributed by atoms with E-state index in [4.69, 9.17) is 14.7 Å². The summed E-state index contributed by atoms with van der Waals surface area (Å²) in [4.78, 5) is 17.4. The number of carbonyl (C=O) groups excluding carboxylic acids is 1. The van der Waals surface area contributed by atoms with Crippen LogP contribution in [0.25, 0.3) is 11.1 Å². The van der Waals surface area contributed by atoms with Crippen LogP contribution in [-0.4, -0.2) is 17.7 Å². The first-order valence-corrected chi connectivity index (χ1v) is 9.36. The number of anilines is 1. The Bertz CT molecular complexity index is 1130. The molecule has 1 aliphatic carbocycles. The average Bonchev–Trinajstić information content (AvgIpc) is 3.45. The minimum atomic E-state index is -0.533. The van der Waals surface area contributed by atoms with Gasteiger partial charge in [0.25, 0.3) is 0 Å². The predicted octanol–water partition coefficient (Wildman–Crippen LogP) is 4.27. The minimum Gasteiger partial charge on any atom is -0.454 e. The van der Waals surface area contributed by atoms with Crippen LogP contribution in [-0.2, 0) is 10.2 Å². The molecule has 144 valence electrons. The van der Waals surface area contributed by atoms with Crippen LogP contribution in [0.4, 0.5) is 5.82 Å². The van der Waals surface area contributed by atoms with Crippen molar-refractivity contribution < 1.29 is 15.7 Å². The van der Waals surface area contributed by atoms with Gasteiger partial charge in [0.2, 0.25) is 12.7 Å². The van der Waals surface area contributed by atoms with Crippen LogP contribution in [0.3, 0.4) is 0 Å². The smallest absolute Gasteiger partial charge is 0.236 e. The molecule has 6 nitrogen and oxygen atoms in total. The van der Waals surface area contributed by atoms with Crippen LogP contribution < -0.4 is 14.8 Å². The highest BCUT2D eigenvalue weighted by molar-refractivity contribution is 6.01. The summed E-state index contributed by atoms with van der Waals surface area (Å²) in [5, 5.41) is 11.8. The van der Waals surface area contributed by atoms with Crippen LogP contribution in [0.5, 0.6) is 11.5 Å². The van der Waals surface area contributed by atoms with Gasteiger partial charge in [0.05, 0.1) is 17.0 Å². The molecule has 6 heteroatoms. The lowest BCUT2D eigenvalue weighted by Crippen LogP contribution is -2.28. The fraction of sp³-hybridized carbons (Fsp3) is 0.174. The molecule has 0 spiro atoms. The van der Waals surface area contributed by atoms with Crippen LogP contribution >= 0.6 is 0 Å². The Hall–Kier alpha value is -3.85. The number of nitrogens with zero attached hydrogens (tertiary/aromatic N) is 2. The molecule has 1 fully saturated rings. The van der Waals surface area contributed by atoms with Crippen LogP contribution in [0.2, 0.25) is 0 Å². The second-order valence-electron chi connectivity index (χ2n) is 7.23. The first kappa shape index (κ1) is 17.3. The molecule has 0 radical (unpaired) electrons. The lowest BCUT2D eigenvalue weighted by molar-refractivity contribution is -0.118. The number of fused-ring (bicyclic) bond motifs is 1. The molecule has 1 N–H and O–H groups in total. The van der Waals surface area contributed by atoms with Crippen LogP contribution in [0, 0.1) is 11.3 Å². The fourth-order valence-electron chi connectivity index (χ4n) is 3.58. The highest BCUT2D eigenvalue weighted by Gasteiger charge is 2.51. The van der Waals surface area contributed by atoms with Gasteiger partial charge in [-0.3, -0.25) is 4.79 Å². The monoisotopic (exact) mass is 385 g/mol. The van der Waals surface area contributed by atoms with E-state index in [-0.39, 0.29) is 14.1 Å². The predicted molar refractivity (Wildman–Crippen MR) is 109 cm³/mol. The molecule has 2 heterocycles. The number of nitrogens with one attached hydrogen (secondary N) is 1. The van der Waals surface area contributed by atoms with Gasteiger partial charge in [0.1, 0.15) is 5.82 Å². The maximum Gasteiger partial charge on any atom is 0.236 e. The molecular formula is C23H19N3O3. The molecule has 1 aromatic heterocycles. The fourth-order valence-corrected chi connectivity index (χ4v) is 3.58. The summed E-state index contributed by atoms with van der Waals surface area (Å²) >= 11 is 0. The summed E-state index contributed by atoms with van der Waals surface area (Å²) in [6, 6.07) is 18.8. The third-order valence-corrected chi connectivity index (χ3v) is 5.46. The number of nitriles is 1. The lowest BCUT2D eigenvalue weighted by atomic mass is 9.94. The molecule has 1 saturated carbocycles. The van der Waals surface area contributed by atoms with E-state index in [1.54, 1.807) is 24.4 Å². The number of hydrogen-bond acceptors (Lipinski definition) is 5. The number of hydrogen-bond donors (Lipinski definition) is 1. The molecule has 1 aliphatic heterocycles. The molecule has 0 bridgehead atoms. The highest BCUT2D eigenvalue weighted by Crippen LogP contribution is 2.51. The van der Waals surface area contributed by atoms with Crippen LogP contribution in [0.15, 0.2) is 60.8 Å². The highest BCUT2D eigenvalue weighted by atomic mass is 16.7. The van der Waals surface area contributed by atoms with Gasteiger partial charge in [-0.25, -0.2) is 4.98 Å². The Morgan fingerprint density at radius 1 is 1.03 bits per heavy atom. The third-order valence-electron chi connectivity index (χ3n) is 5.46. The van der Waals surface area contributed by atoms with Crippen molar-refractivity contribution in [2.45, 2.75) is 18.3 Å². The van der Waals surface area contributed by atoms with E-state index in [9.17, 15) is 4.79 Å². The van der Waals surface area contributed by atoms with E-state index in [1.807, 2.05) is 36.4 Å². The zero-order valence-corrected chi connectivity index (χ0v) is 15.5. The van der Waals surface area contributed by atoms with Crippen molar-refractivity contribution in [3.8, 4) is 28.7 Å². The van der Waals surface area contributed by atoms with Gasteiger partial charge in [0.15, 0.2) is 11.5 Å². The third kappa shape index (κ3) is 3.07. The van der Waals surface area contributed by atoms with E-state index < -0.39 is 5.41 Å². The van der Waals surface area contributed by atoms with Crippen LogP contribution in [0.1, 0.15) is 25.4 Å². The number of ether oxygens (including phenoxy) is 2. The van der Waals surface area contributed by atoms with E-state index in [1.165, 1.54) is 0 Å². The van der Waals surface area contributed by atoms with E-state index in [0.29, 0.717) is 22.9 Å². The van der Waals surface area contributed by atoms with E-state index in [0.717, 1.165) is 29.5 Å². The largest absolute Gasteiger partial charge is 0.454 e. The molecule has 3 aromatic rings. The van der Waals surface area contributed by atoms with Gasteiger partial charge in [-0.15, -0.1) is 0 Å². The van der Waals surface area contributed by atoms with Crippen molar-refractivity contribution >= 4 is 11.7 Å². The normalized spacial score (nSPS) is 15.4. The Morgan fingerprint density at radius 2 is 1.79 bits per heavy atom. The zero-order valence-electron chi connectivity index (χ0n) is 15.5. The van der Waals surface area contributed by atoms with Gasteiger partial charge in [-0.05, 0) is 60.4 Å². The van der Waals surface area contributed by atoms with Gasteiger partial charge in [0, 0.05) is 13.2 Å². The molecular weight excluding hydrogens is 366 g/mol. The zero-order chi connectivity index (χ0) is 19.8. The Kier molecular flexibility index (Phi) is 3.95. The molecule has 29 heavy (non-hydrogen) atoms. The van der Waals surface area contributed by atoms with Gasteiger partial charge in [-0.2, -0.15) is 5.26 Å². The van der Waals surface area contributed by atoms with Gasteiger partial charge < -0.3 is 14.8 Å². The molecule has 0 saturated heterocycles. The standard InChI is InChI=1S/C23H17N3O3.H2/c24-12-15-1-3-16(4-2-15)17-5-8-21(25-13-17)26-22(27)23(9-10-23)18-6-7-19-20(11-18)29-14-28-19;/h1-8,11,13H,9-10,14H2,(H,25,26,27);1H. The lowest BCUT2D eigenvalue weighted by Gasteiger charge is -2.16. The number of benzene rings is 2. The molecule has 5 rings (SSSR count). The van der Waals surface area contributed by atoms with E-state index >= 15 is 0 Å². The number of carbonyl (C=O) groups is 1. The number of pyridine rings is 1. The van der Waals surface area contributed by atoms with Crippen molar-refractivity contribution in [1.82, 2.24) is 4.98 Å². The maximum absolute atomic E-state index is 13.0. The summed E-state index contributed by atoms with van der Waals surface area (Å²) < 4.78 is 10.8. The number of amides is 1. The number of aromatic nitrogens is 1. The average molecular weight is 385 g/mol. The SMILES string of the molecule is N#Cc1ccc(-c2ccc(NC(=O)C3(c4ccc5c(c4)OCO5)CC3)nc2)cc1.[HH]. The van der Waals surface area contributed by atoms with Crippen molar-refractivity contribution in [2.75, 3.05) is 12.1 Å². The Morgan fingerprint density at radius 3 is 2.48 bits per heavy atom. The Balaban J connectivity index is 0.00000218. The molecule has 0 unspecified atom stereocenters. The van der Waals surface area contributed by atoms with Crippen molar-refractivity contribution in [3.63, 3.8) is 0 Å². The summed E-state index contributed by atoms with van der Waals surface area (Å²) in [5.41, 5.74) is 2.91. The second-order valence-corrected chi connectivity index (χ2v) is 7.23. The Labute approximate surface area is 169 Å². The summed E-state index contributed by atoms with van der Waals surface area (Å²) in [6.45, 7) is 0.216. The quantitative estimate of drug-likeness (QED) is 0.725. The molecule has 2 aromatic carbocycles. The minimum absolute atomic E-state index is 0. The molecule has 0 atom stereocenters. The first-order valence-electron chi connectivity index (χ1n) is 9.36. The first-order chi connectivity index (χ1) is 14.2.